The number of hydrogen-bond acceptors (Lipinski definition) is 2. The van der Waals surface area contributed by atoms with Crippen LogP contribution in [0.5, 0.6) is 0 Å². The van der Waals surface area contributed by atoms with E-state index < -0.39 is 5.95 Å². The molecule has 0 spiro atoms. The van der Waals surface area contributed by atoms with E-state index in [9.17, 15) is 4.39 Å². The third kappa shape index (κ3) is 1.48. The molecule has 0 aliphatic rings. The Balaban J connectivity index is 3.31. The maximum absolute atomic E-state index is 12.4. The number of aromatic nitrogens is 2. The van der Waals surface area contributed by atoms with E-state index in [0.717, 1.165) is 0 Å². The van der Waals surface area contributed by atoms with E-state index in [-0.39, 0.29) is 15.5 Å². The van der Waals surface area contributed by atoms with Crippen LogP contribution in [0.2, 0.25) is 15.5 Å². The molecule has 10 heavy (non-hydrogen) atoms. The second kappa shape index (κ2) is 2.86. The molecule has 0 saturated carbocycles. The SMILES string of the molecule is Fc1nc(Cl)nc(Cl)c1Cl. The van der Waals surface area contributed by atoms with Crippen molar-refractivity contribution in [3.05, 3.63) is 21.4 Å². The predicted octanol–water partition coefficient (Wildman–Crippen LogP) is 2.58. The van der Waals surface area contributed by atoms with Crippen LogP contribution >= 0.6 is 34.8 Å². The first-order valence-corrected chi connectivity index (χ1v) is 3.28. The lowest BCUT2D eigenvalue weighted by Gasteiger charge is -1.94. The highest BCUT2D eigenvalue weighted by Gasteiger charge is 2.08. The second-order valence-electron chi connectivity index (χ2n) is 1.39. The predicted molar refractivity (Wildman–Crippen MR) is 37.0 cm³/mol. The van der Waals surface area contributed by atoms with Crippen molar-refractivity contribution >= 4 is 34.8 Å². The summed E-state index contributed by atoms with van der Waals surface area (Å²) in [6.45, 7) is 0. The van der Waals surface area contributed by atoms with Gasteiger partial charge in [-0.15, -0.1) is 0 Å². The van der Waals surface area contributed by atoms with Crippen LogP contribution < -0.4 is 0 Å². The molecule has 0 N–H and O–H groups in total. The fourth-order valence-corrected chi connectivity index (χ4v) is 0.815. The quantitative estimate of drug-likeness (QED) is 0.476. The van der Waals surface area contributed by atoms with E-state index in [1.807, 2.05) is 0 Å². The molecule has 0 radical (unpaired) electrons. The Morgan fingerprint density at radius 2 is 1.70 bits per heavy atom. The molecule has 1 aromatic heterocycles. The molecule has 0 aromatic carbocycles. The van der Waals surface area contributed by atoms with E-state index in [0.29, 0.717) is 0 Å². The van der Waals surface area contributed by atoms with Gasteiger partial charge in [0.15, 0.2) is 5.15 Å². The zero-order valence-electron chi connectivity index (χ0n) is 4.41. The van der Waals surface area contributed by atoms with Crippen LogP contribution in [0.25, 0.3) is 0 Å². The van der Waals surface area contributed by atoms with Gasteiger partial charge in [0.1, 0.15) is 5.02 Å². The number of nitrogens with zero attached hydrogens (tertiary/aromatic N) is 2. The molecule has 6 heteroatoms. The van der Waals surface area contributed by atoms with Crippen molar-refractivity contribution in [3.63, 3.8) is 0 Å². The minimum Gasteiger partial charge on any atom is -0.204 e. The van der Waals surface area contributed by atoms with Crippen molar-refractivity contribution in [1.29, 1.82) is 0 Å². The summed E-state index contributed by atoms with van der Waals surface area (Å²) in [4.78, 5) is 6.49. The summed E-state index contributed by atoms with van der Waals surface area (Å²) in [5.74, 6) is -0.910. The van der Waals surface area contributed by atoms with Crippen LogP contribution in [0.1, 0.15) is 0 Å². The van der Waals surface area contributed by atoms with Crippen LogP contribution in [0.3, 0.4) is 0 Å². The molecule has 0 unspecified atom stereocenters. The molecule has 0 aliphatic heterocycles. The van der Waals surface area contributed by atoms with Gasteiger partial charge in [-0.2, -0.15) is 9.37 Å². The molecule has 1 heterocycles. The summed E-state index contributed by atoms with van der Waals surface area (Å²) in [6, 6.07) is 0. The van der Waals surface area contributed by atoms with Crippen LogP contribution in [-0.2, 0) is 0 Å². The fourth-order valence-electron chi connectivity index (χ4n) is 0.370. The van der Waals surface area contributed by atoms with E-state index >= 15 is 0 Å². The van der Waals surface area contributed by atoms with Gasteiger partial charge in [0.25, 0.3) is 0 Å². The van der Waals surface area contributed by atoms with Crippen molar-refractivity contribution in [3.8, 4) is 0 Å². The van der Waals surface area contributed by atoms with Crippen molar-refractivity contribution in [1.82, 2.24) is 9.97 Å². The van der Waals surface area contributed by atoms with Gasteiger partial charge in [-0.1, -0.05) is 23.2 Å². The standard InChI is InChI=1S/C4Cl3FN2/c5-1-2(6)9-4(7)10-3(1)8. The Hall–Kier alpha value is -0.120. The molecule has 0 amide bonds. The molecule has 0 aliphatic carbocycles. The average molecular weight is 201 g/mol. The summed E-state index contributed by atoms with van der Waals surface area (Å²) in [7, 11) is 0. The van der Waals surface area contributed by atoms with Crippen LogP contribution in [0, 0.1) is 5.95 Å². The van der Waals surface area contributed by atoms with E-state index in [2.05, 4.69) is 9.97 Å². The molecular formula is C4Cl3FN2. The van der Waals surface area contributed by atoms with Crippen molar-refractivity contribution in [2.24, 2.45) is 0 Å². The third-order valence-electron chi connectivity index (χ3n) is 0.743. The first-order chi connectivity index (χ1) is 4.61. The Labute approximate surface area is 70.9 Å². The third-order valence-corrected chi connectivity index (χ3v) is 1.62. The van der Waals surface area contributed by atoms with Gasteiger partial charge in [0.2, 0.25) is 11.2 Å². The fraction of sp³-hybridized carbons (Fsp3) is 0. The first-order valence-electron chi connectivity index (χ1n) is 2.15. The van der Waals surface area contributed by atoms with Gasteiger partial charge in [-0.25, -0.2) is 4.98 Å². The summed E-state index contributed by atoms with van der Waals surface area (Å²) in [5, 5.41) is -0.753. The summed E-state index contributed by atoms with van der Waals surface area (Å²) >= 11 is 15.8. The van der Waals surface area contributed by atoms with Gasteiger partial charge >= 0.3 is 0 Å². The zero-order chi connectivity index (χ0) is 7.72. The lowest BCUT2D eigenvalue weighted by Crippen LogP contribution is -1.89. The molecular weight excluding hydrogens is 201 g/mol. The molecule has 0 fully saturated rings. The monoisotopic (exact) mass is 200 g/mol. The highest BCUT2D eigenvalue weighted by atomic mass is 35.5. The Morgan fingerprint density at radius 3 is 2.20 bits per heavy atom. The van der Waals surface area contributed by atoms with Crippen LogP contribution in [-0.4, -0.2) is 9.97 Å². The minimum absolute atomic E-state index is 0.181. The van der Waals surface area contributed by atoms with Crippen LogP contribution in [0.4, 0.5) is 4.39 Å². The number of hydrogen-bond donors (Lipinski definition) is 0. The largest absolute Gasteiger partial charge is 0.237 e. The molecule has 0 saturated heterocycles. The number of rotatable bonds is 0. The molecule has 1 rings (SSSR count). The Kier molecular flexibility index (Phi) is 2.28. The molecule has 1 aromatic rings. The maximum atomic E-state index is 12.4. The minimum atomic E-state index is -0.910. The first kappa shape index (κ1) is 7.98. The maximum Gasteiger partial charge on any atom is 0.237 e. The summed E-state index contributed by atoms with van der Waals surface area (Å²) in [5.41, 5.74) is 0. The average Bonchev–Trinajstić information content (AvgIpc) is 1.82. The summed E-state index contributed by atoms with van der Waals surface area (Å²) < 4.78 is 12.4. The lowest BCUT2D eigenvalue weighted by molar-refractivity contribution is 0.580. The topological polar surface area (TPSA) is 25.8 Å². The zero-order valence-corrected chi connectivity index (χ0v) is 6.67. The van der Waals surface area contributed by atoms with Crippen molar-refractivity contribution < 1.29 is 4.39 Å². The van der Waals surface area contributed by atoms with Gasteiger partial charge in [-0.3, -0.25) is 0 Å². The van der Waals surface area contributed by atoms with Gasteiger partial charge in [0.05, 0.1) is 0 Å². The van der Waals surface area contributed by atoms with Gasteiger partial charge < -0.3 is 0 Å². The Bertz CT molecular complexity index is 242. The highest BCUT2D eigenvalue weighted by molar-refractivity contribution is 6.41. The molecule has 2 nitrogen and oxygen atoms in total. The Morgan fingerprint density at radius 1 is 1.10 bits per heavy atom. The molecule has 54 valence electrons. The second-order valence-corrected chi connectivity index (χ2v) is 2.46. The number of halogens is 4. The van der Waals surface area contributed by atoms with Crippen molar-refractivity contribution in [2.45, 2.75) is 0 Å². The lowest BCUT2D eigenvalue weighted by atomic mass is 10.6. The summed E-state index contributed by atoms with van der Waals surface area (Å²) in [6.07, 6.45) is 0. The van der Waals surface area contributed by atoms with Gasteiger partial charge in [0, 0.05) is 0 Å². The molecule has 0 atom stereocenters. The molecule has 0 bridgehead atoms. The normalized spacial score (nSPS) is 10.0. The van der Waals surface area contributed by atoms with E-state index in [4.69, 9.17) is 34.8 Å². The van der Waals surface area contributed by atoms with Crippen molar-refractivity contribution in [2.75, 3.05) is 0 Å². The van der Waals surface area contributed by atoms with E-state index in [1.54, 1.807) is 0 Å². The van der Waals surface area contributed by atoms with E-state index in [1.165, 1.54) is 0 Å². The highest BCUT2D eigenvalue weighted by Crippen LogP contribution is 2.22. The van der Waals surface area contributed by atoms with Gasteiger partial charge in [-0.05, 0) is 11.6 Å². The van der Waals surface area contributed by atoms with Crippen LogP contribution in [0.15, 0.2) is 0 Å². The smallest absolute Gasteiger partial charge is 0.204 e.